The van der Waals surface area contributed by atoms with E-state index in [-0.39, 0.29) is 11.1 Å². The van der Waals surface area contributed by atoms with Crippen LogP contribution in [0.2, 0.25) is 0 Å². The van der Waals surface area contributed by atoms with Gasteiger partial charge < -0.3 is 4.98 Å². The van der Waals surface area contributed by atoms with E-state index in [0.717, 1.165) is 5.56 Å². The summed E-state index contributed by atoms with van der Waals surface area (Å²) in [4.78, 5) is 6.79. The van der Waals surface area contributed by atoms with Gasteiger partial charge in [-0.2, -0.15) is 11.3 Å². The fourth-order valence-electron chi connectivity index (χ4n) is 1.55. The maximum Gasteiger partial charge on any atom is 0.258 e. The summed E-state index contributed by atoms with van der Waals surface area (Å²) >= 11 is 1.54. The van der Waals surface area contributed by atoms with Crippen molar-refractivity contribution in [3.8, 4) is 0 Å². The normalized spacial score (nSPS) is 13.7. The second-order valence-electron chi connectivity index (χ2n) is 3.95. The first kappa shape index (κ1) is 13.3. The van der Waals surface area contributed by atoms with Crippen molar-refractivity contribution in [2.45, 2.75) is 31.3 Å². The molecular weight excluding hydrogens is 270 g/mol. The van der Waals surface area contributed by atoms with Gasteiger partial charge in [0.2, 0.25) is 0 Å². The van der Waals surface area contributed by atoms with Gasteiger partial charge >= 0.3 is 0 Å². The van der Waals surface area contributed by atoms with E-state index in [4.69, 9.17) is 0 Å². The summed E-state index contributed by atoms with van der Waals surface area (Å²) in [5, 5.41) is 3.96. The number of hydrogen-bond donors (Lipinski definition) is 2. The summed E-state index contributed by atoms with van der Waals surface area (Å²) in [6, 6.07) is 1.65. The molecule has 0 spiro atoms. The highest BCUT2D eigenvalue weighted by Crippen LogP contribution is 2.18. The Morgan fingerprint density at radius 3 is 2.89 bits per heavy atom. The maximum atomic E-state index is 12.1. The van der Waals surface area contributed by atoms with Gasteiger partial charge in [0.05, 0.1) is 6.20 Å². The second kappa shape index (κ2) is 5.21. The number of thiophene rings is 1. The van der Waals surface area contributed by atoms with Crippen molar-refractivity contribution in [3.63, 3.8) is 0 Å². The molecule has 0 saturated carbocycles. The smallest absolute Gasteiger partial charge is 0.258 e. The van der Waals surface area contributed by atoms with Gasteiger partial charge in [0.15, 0.2) is 5.03 Å². The van der Waals surface area contributed by atoms with Crippen molar-refractivity contribution in [3.05, 3.63) is 34.4 Å². The quantitative estimate of drug-likeness (QED) is 0.883. The third-order valence-electron chi connectivity index (χ3n) is 2.60. The van der Waals surface area contributed by atoms with Crippen LogP contribution >= 0.6 is 11.3 Å². The van der Waals surface area contributed by atoms with Gasteiger partial charge in [0.1, 0.15) is 5.82 Å². The molecule has 1 unspecified atom stereocenters. The number of aryl methyl sites for hydroxylation is 1. The number of sulfonamides is 1. The zero-order valence-corrected chi connectivity index (χ0v) is 11.8. The lowest BCUT2D eigenvalue weighted by Gasteiger charge is -2.11. The molecule has 0 aromatic carbocycles. The third-order valence-corrected chi connectivity index (χ3v) is 4.76. The van der Waals surface area contributed by atoms with Crippen LogP contribution in [0, 0.1) is 0 Å². The first-order valence-electron chi connectivity index (χ1n) is 5.61. The Hall–Kier alpha value is -1.18. The van der Waals surface area contributed by atoms with Crippen molar-refractivity contribution in [1.82, 2.24) is 14.7 Å². The van der Waals surface area contributed by atoms with E-state index in [0.29, 0.717) is 12.2 Å². The SMILES string of the molecule is CCc1ncc(S(=O)(=O)NC(C)c2ccsc2)[nH]1. The van der Waals surface area contributed by atoms with Gasteiger partial charge in [-0.1, -0.05) is 6.92 Å². The molecule has 0 fully saturated rings. The first-order valence-corrected chi connectivity index (χ1v) is 8.04. The molecule has 2 aromatic rings. The Labute approximate surface area is 110 Å². The molecule has 2 N–H and O–H groups in total. The predicted octanol–water partition coefficient (Wildman–Crippen LogP) is 2.07. The van der Waals surface area contributed by atoms with E-state index >= 15 is 0 Å². The van der Waals surface area contributed by atoms with Crippen LogP contribution < -0.4 is 4.72 Å². The highest BCUT2D eigenvalue weighted by Gasteiger charge is 2.20. The lowest BCUT2D eigenvalue weighted by Crippen LogP contribution is -2.26. The molecule has 0 radical (unpaired) electrons. The third kappa shape index (κ3) is 2.80. The van der Waals surface area contributed by atoms with Crippen LogP contribution in [0.15, 0.2) is 28.0 Å². The minimum absolute atomic E-state index is 0.112. The number of imidazole rings is 1. The lowest BCUT2D eigenvalue weighted by molar-refractivity contribution is 0.564. The largest absolute Gasteiger partial charge is 0.332 e. The molecule has 5 nitrogen and oxygen atoms in total. The number of hydrogen-bond acceptors (Lipinski definition) is 4. The van der Waals surface area contributed by atoms with Crippen molar-refractivity contribution < 1.29 is 8.42 Å². The standard InChI is InChI=1S/C11H15N3O2S2/c1-3-10-12-6-11(13-10)18(15,16)14-8(2)9-4-5-17-7-9/h4-8,14H,3H2,1-2H3,(H,12,13). The molecule has 2 rings (SSSR count). The molecule has 0 aliphatic heterocycles. The summed E-state index contributed by atoms with van der Waals surface area (Å²) < 4.78 is 26.8. The minimum atomic E-state index is -3.54. The molecule has 1 atom stereocenters. The predicted molar refractivity (Wildman–Crippen MR) is 71.0 cm³/mol. The van der Waals surface area contributed by atoms with E-state index in [1.165, 1.54) is 6.20 Å². The van der Waals surface area contributed by atoms with E-state index < -0.39 is 10.0 Å². The summed E-state index contributed by atoms with van der Waals surface area (Å²) in [5.74, 6) is 0.665. The molecule has 0 saturated heterocycles. The van der Waals surface area contributed by atoms with Crippen LogP contribution in [-0.4, -0.2) is 18.4 Å². The number of H-pyrrole nitrogens is 1. The molecule has 0 bridgehead atoms. The van der Waals surface area contributed by atoms with Gasteiger partial charge in [0, 0.05) is 12.5 Å². The summed E-state index contributed by atoms with van der Waals surface area (Å²) in [5.41, 5.74) is 0.957. The molecule has 2 aromatic heterocycles. The lowest BCUT2D eigenvalue weighted by atomic mass is 10.2. The van der Waals surface area contributed by atoms with E-state index in [1.807, 2.05) is 30.7 Å². The van der Waals surface area contributed by atoms with Crippen molar-refractivity contribution >= 4 is 21.4 Å². The van der Waals surface area contributed by atoms with Crippen molar-refractivity contribution in [1.29, 1.82) is 0 Å². The molecule has 18 heavy (non-hydrogen) atoms. The number of nitrogens with zero attached hydrogens (tertiary/aromatic N) is 1. The van der Waals surface area contributed by atoms with Gasteiger partial charge in [-0.25, -0.2) is 18.1 Å². The Morgan fingerprint density at radius 2 is 2.33 bits per heavy atom. The Kier molecular flexibility index (Phi) is 3.84. The fraction of sp³-hybridized carbons (Fsp3) is 0.364. The van der Waals surface area contributed by atoms with Crippen LogP contribution in [0.25, 0.3) is 0 Å². The van der Waals surface area contributed by atoms with Crippen molar-refractivity contribution in [2.24, 2.45) is 0 Å². The Bertz CT molecular complexity index is 602. The Morgan fingerprint density at radius 1 is 1.56 bits per heavy atom. The topological polar surface area (TPSA) is 74.8 Å². The fourth-order valence-corrected chi connectivity index (χ4v) is 3.47. The molecule has 0 aliphatic carbocycles. The van der Waals surface area contributed by atoms with Crippen LogP contribution in [0.4, 0.5) is 0 Å². The van der Waals surface area contributed by atoms with Gasteiger partial charge in [-0.05, 0) is 29.3 Å². The number of aromatic nitrogens is 2. The van der Waals surface area contributed by atoms with Gasteiger partial charge in [-0.15, -0.1) is 0 Å². The van der Waals surface area contributed by atoms with Crippen LogP contribution in [0.5, 0.6) is 0 Å². The number of aromatic amines is 1. The highest BCUT2D eigenvalue weighted by molar-refractivity contribution is 7.89. The molecule has 2 heterocycles. The number of rotatable bonds is 5. The van der Waals surface area contributed by atoms with Gasteiger partial charge in [0.25, 0.3) is 10.0 Å². The van der Waals surface area contributed by atoms with Gasteiger partial charge in [-0.3, -0.25) is 0 Å². The summed E-state index contributed by atoms with van der Waals surface area (Å²) in [7, 11) is -3.54. The van der Waals surface area contributed by atoms with E-state index in [2.05, 4.69) is 14.7 Å². The van der Waals surface area contributed by atoms with Crippen molar-refractivity contribution in [2.75, 3.05) is 0 Å². The monoisotopic (exact) mass is 285 g/mol. The zero-order chi connectivity index (χ0) is 13.2. The average Bonchev–Trinajstić information content (AvgIpc) is 3.00. The van der Waals surface area contributed by atoms with E-state index in [9.17, 15) is 8.42 Å². The second-order valence-corrected chi connectivity index (χ2v) is 6.41. The average molecular weight is 285 g/mol. The summed E-state index contributed by atoms with van der Waals surface area (Å²) in [6.45, 7) is 3.73. The Balaban J connectivity index is 2.17. The van der Waals surface area contributed by atoms with Crippen LogP contribution in [0.1, 0.15) is 31.3 Å². The molecule has 98 valence electrons. The maximum absolute atomic E-state index is 12.1. The zero-order valence-electron chi connectivity index (χ0n) is 10.2. The molecule has 7 heteroatoms. The van der Waals surface area contributed by atoms with E-state index in [1.54, 1.807) is 11.3 Å². The number of nitrogens with one attached hydrogen (secondary N) is 2. The van der Waals surface area contributed by atoms with Crippen LogP contribution in [-0.2, 0) is 16.4 Å². The molecular formula is C11H15N3O2S2. The molecule has 0 amide bonds. The first-order chi connectivity index (χ1) is 8.53. The highest BCUT2D eigenvalue weighted by atomic mass is 32.2. The minimum Gasteiger partial charge on any atom is -0.332 e. The van der Waals surface area contributed by atoms with Crippen LogP contribution in [0.3, 0.4) is 0 Å². The molecule has 0 aliphatic rings. The summed E-state index contributed by atoms with van der Waals surface area (Å²) in [6.07, 6.45) is 2.02.